The van der Waals surface area contributed by atoms with Gasteiger partial charge in [0.1, 0.15) is 5.69 Å². The predicted molar refractivity (Wildman–Crippen MR) is 85.6 cm³/mol. The van der Waals surface area contributed by atoms with Crippen LogP contribution in [0.3, 0.4) is 0 Å². The van der Waals surface area contributed by atoms with Crippen molar-refractivity contribution >= 4 is 11.3 Å². The van der Waals surface area contributed by atoms with Gasteiger partial charge in [0.25, 0.3) is 0 Å². The van der Waals surface area contributed by atoms with E-state index < -0.39 is 0 Å². The number of pyridine rings is 1. The molecule has 0 aromatic carbocycles. The summed E-state index contributed by atoms with van der Waals surface area (Å²) < 4.78 is 16.7. The zero-order valence-corrected chi connectivity index (χ0v) is 13.6. The molecule has 1 fully saturated rings. The molecule has 1 aliphatic heterocycles. The van der Waals surface area contributed by atoms with Crippen LogP contribution < -0.4 is 9.47 Å². The Hall–Kier alpha value is -1.63. The number of ether oxygens (including phenoxy) is 3. The van der Waals surface area contributed by atoms with E-state index in [-0.39, 0.29) is 6.10 Å². The van der Waals surface area contributed by atoms with E-state index in [0.717, 1.165) is 37.7 Å². The van der Waals surface area contributed by atoms with E-state index in [1.165, 1.54) is 5.56 Å². The fourth-order valence-corrected chi connectivity index (χ4v) is 3.38. The largest absolute Gasteiger partial charge is 0.493 e. The first-order valence-corrected chi connectivity index (χ1v) is 8.18. The molecule has 118 valence electrons. The van der Waals surface area contributed by atoms with Gasteiger partial charge in [0, 0.05) is 31.9 Å². The number of morpholine rings is 1. The summed E-state index contributed by atoms with van der Waals surface area (Å²) in [5, 5.41) is 4.24. The number of nitrogens with zero attached hydrogens (tertiary/aromatic N) is 2. The van der Waals surface area contributed by atoms with Crippen molar-refractivity contribution in [2.45, 2.75) is 12.6 Å². The number of thiophene rings is 1. The van der Waals surface area contributed by atoms with Crippen LogP contribution >= 0.6 is 11.3 Å². The monoisotopic (exact) mass is 320 g/mol. The lowest BCUT2D eigenvalue weighted by Crippen LogP contribution is -2.38. The van der Waals surface area contributed by atoms with Crippen LogP contribution in [0.15, 0.2) is 29.1 Å². The molecule has 0 saturated carbocycles. The smallest absolute Gasteiger partial charge is 0.183 e. The summed E-state index contributed by atoms with van der Waals surface area (Å²) in [5.74, 6) is 1.43. The Morgan fingerprint density at radius 1 is 1.36 bits per heavy atom. The van der Waals surface area contributed by atoms with E-state index in [9.17, 15) is 0 Å². The summed E-state index contributed by atoms with van der Waals surface area (Å²) >= 11 is 1.70. The van der Waals surface area contributed by atoms with E-state index in [0.29, 0.717) is 5.75 Å². The normalized spacial score (nSPS) is 19.1. The van der Waals surface area contributed by atoms with Gasteiger partial charge in [-0.15, -0.1) is 0 Å². The minimum atomic E-state index is 0.136. The lowest BCUT2D eigenvalue weighted by atomic mass is 10.1. The van der Waals surface area contributed by atoms with E-state index in [4.69, 9.17) is 14.2 Å². The maximum Gasteiger partial charge on any atom is 0.183 e. The van der Waals surface area contributed by atoms with E-state index in [2.05, 4.69) is 26.7 Å². The number of hydrogen-bond acceptors (Lipinski definition) is 6. The first-order chi connectivity index (χ1) is 10.8. The second-order valence-corrected chi connectivity index (χ2v) is 5.92. The summed E-state index contributed by atoms with van der Waals surface area (Å²) in [6.45, 7) is 3.21. The molecule has 0 bridgehead atoms. The molecule has 0 N–H and O–H groups in total. The highest BCUT2D eigenvalue weighted by molar-refractivity contribution is 7.07. The van der Waals surface area contributed by atoms with Crippen molar-refractivity contribution in [2.75, 3.05) is 33.9 Å². The number of rotatable bonds is 5. The van der Waals surface area contributed by atoms with Crippen molar-refractivity contribution in [3.05, 3.63) is 40.3 Å². The molecule has 5 nitrogen and oxygen atoms in total. The first-order valence-electron chi connectivity index (χ1n) is 7.23. The van der Waals surface area contributed by atoms with Crippen LogP contribution in [-0.4, -0.2) is 43.8 Å². The Morgan fingerprint density at radius 2 is 2.27 bits per heavy atom. The lowest BCUT2D eigenvalue weighted by molar-refractivity contribution is -0.0332. The Balaban J connectivity index is 1.73. The van der Waals surface area contributed by atoms with E-state index >= 15 is 0 Å². The summed E-state index contributed by atoms with van der Waals surface area (Å²) in [6.07, 6.45) is 1.89. The SMILES string of the molecule is COc1ccnc(CN2CCO[C@H](c3ccsc3)C2)c1OC. The molecule has 0 unspecified atom stereocenters. The minimum Gasteiger partial charge on any atom is -0.493 e. The lowest BCUT2D eigenvalue weighted by Gasteiger charge is -2.32. The van der Waals surface area contributed by atoms with Crippen LogP contribution in [0.25, 0.3) is 0 Å². The Labute approximate surface area is 134 Å². The van der Waals surface area contributed by atoms with Crippen molar-refractivity contribution in [3.63, 3.8) is 0 Å². The Bertz CT molecular complexity index is 603. The maximum atomic E-state index is 5.88. The van der Waals surface area contributed by atoms with Crippen molar-refractivity contribution in [1.29, 1.82) is 0 Å². The molecular formula is C16H20N2O3S. The van der Waals surface area contributed by atoms with Crippen LogP contribution in [0.4, 0.5) is 0 Å². The van der Waals surface area contributed by atoms with Gasteiger partial charge >= 0.3 is 0 Å². The topological polar surface area (TPSA) is 43.8 Å². The second kappa shape index (κ2) is 7.09. The number of hydrogen-bond donors (Lipinski definition) is 0. The molecule has 0 amide bonds. The molecule has 3 heterocycles. The van der Waals surface area contributed by atoms with Crippen LogP contribution in [0.1, 0.15) is 17.4 Å². The zero-order valence-electron chi connectivity index (χ0n) is 12.8. The van der Waals surface area contributed by atoms with Crippen molar-refractivity contribution in [2.24, 2.45) is 0 Å². The summed E-state index contributed by atoms with van der Waals surface area (Å²) in [6, 6.07) is 3.94. The average Bonchev–Trinajstić information content (AvgIpc) is 3.09. The number of aromatic nitrogens is 1. The molecule has 0 spiro atoms. The van der Waals surface area contributed by atoms with Crippen LogP contribution in [0, 0.1) is 0 Å². The summed E-state index contributed by atoms with van der Waals surface area (Å²) in [4.78, 5) is 6.80. The van der Waals surface area contributed by atoms with Crippen molar-refractivity contribution < 1.29 is 14.2 Å². The molecule has 0 radical (unpaired) electrons. The van der Waals surface area contributed by atoms with Gasteiger partial charge in [0.15, 0.2) is 11.5 Å². The second-order valence-electron chi connectivity index (χ2n) is 5.14. The predicted octanol–water partition coefficient (Wildman–Crippen LogP) is 2.73. The maximum absolute atomic E-state index is 5.88. The fourth-order valence-electron chi connectivity index (χ4n) is 2.68. The van der Waals surface area contributed by atoms with Crippen molar-refractivity contribution in [3.8, 4) is 11.5 Å². The van der Waals surface area contributed by atoms with Gasteiger partial charge in [0.05, 0.1) is 26.9 Å². The zero-order chi connectivity index (χ0) is 15.4. The first kappa shape index (κ1) is 15.3. The van der Waals surface area contributed by atoms with Crippen LogP contribution in [0.2, 0.25) is 0 Å². The quantitative estimate of drug-likeness (QED) is 0.847. The van der Waals surface area contributed by atoms with Gasteiger partial charge in [-0.3, -0.25) is 9.88 Å². The van der Waals surface area contributed by atoms with Crippen LogP contribution in [0.5, 0.6) is 11.5 Å². The van der Waals surface area contributed by atoms with Crippen LogP contribution in [-0.2, 0) is 11.3 Å². The molecule has 1 saturated heterocycles. The summed E-state index contributed by atoms with van der Waals surface area (Å²) in [7, 11) is 3.29. The molecule has 2 aromatic heterocycles. The fraction of sp³-hybridized carbons (Fsp3) is 0.438. The third-order valence-electron chi connectivity index (χ3n) is 3.81. The molecule has 1 aliphatic rings. The molecule has 0 aliphatic carbocycles. The third-order valence-corrected chi connectivity index (χ3v) is 4.51. The Kier molecular flexibility index (Phi) is 4.92. The van der Waals surface area contributed by atoms with Gasteiger partial charge in [-0.2, -0.15) is 11.3 Å². The molecule has 2 aromatic rings. The molecule has 6 heteroatoms. The highest BCUT2D eigenvalue weighted by atomic mass is 32.1. The molecule has 3 rings (SSSR count). The van der Waals surface area contributed by atoms with Gasteiger partial charge in [-0.05, 0) is 22.4 Å². The highest BCUT2D eigenvalue weighted by Crippen LogP contribution is 2.31. The van der Waals surface area contributed by atoms with E-state index in [1.807, 2.05) is 6.07 Å². The van der Waals surface area contributed by atoms with Gasteiger partial charge in [-0.25, -0.2) is 0 Å². The Morgan fingerprint density at radius 3 is 3.00 bits per heavy atom. The third kappa shape index (κ3) is 3.24. The van der Waals surface area contributed by atoms with Gasteiger partial charge in [0.2, 0.25) is 0 Å². The standard InChI is InChI=1S/C16H20N2O3S/c1-19-14-3-5-17-13(16(14)20-2)9-18-6-7-21-15(10-18)12-4-8-22-11-12/h3-5,8,11,15H,6-7,9-10H2,1-2H3/t15-/m0/s1. The molecule has 22 heavy (non-hydrogen) atoms. The minimum absolute atomic E-state index is 0.136. The highest BCUT2D eigenvalue weighted by Gasteiger charge is 2.24. The van der Waals surface area contributed by atoms with Gasteiger partial charge < -0.3 is 14.2 Å². The molecular weight excluding hydrogens is 300 g/mol. The van der Waals surface area contributed by atoms with E-state index in [1.54, 1.807) is 31.8 Å². The van der Waals surface area contributed by atoms with Gasteiger partial charge in [-0.1, -0.05) is 0 Å². The average molecular weight is 320 g/mol. The number of methoxy groups -OCH3 is 2. The molecule has 1 atom stereocenters. The summed E-state index contributed by atoms with van der Waals surface area (Å²) in [5.41, 5.74) is 2.15. The van der Waals surface area contributed by atoms with Crippen molar-refractivity contribution in [1.82, 2.24) is 9.88 Å².